The molecule has 12 rings (SSSR count). The molecule has 10 aromatic carbocycles. The van der Waals surface area contributed by atoms with Gasteiger partial charge < -0.3 is 23.4 Å². The summed E-state index contributed by atoms with van der Waals surface area (Å²) in [6.45, 7) is 2.35. The molecule has 22 nitrogen and oxygen atoms in total. The van der Waals surface area contributed by atoms with E-state index in [1.807, 2.05) is 189 Å². The highest BCUT2D eigenvalue weighted by Crippen LogP contribution is 2.39. The Kier molecular flexibility index (Phi) is 26.0. The van der Waals surface area contributed by atoms with Crippen LogP contribution in [-0.2, 0) is 23.9 Å². The van der Waals surface area contributed by atoms with Crippen LogP contribution in [0.2, 0.25) is 0 Å². The van der Waals surface area contributed by atoms with Crippen molar-refractivity contribution in [3.63, 3.8) is 0 Å². The number of nitrogens with one attached hydrogen (secondary N) is 3. The summed E-state index contributed by atoms with van der Waals surface area (Å²) >= 11 is 0. The van der Waals surface area contributed by atoms with E-state index in [0.29, 0.717) is 75.7 Å². The number of methoxy groups -OCH3 is 1. The van der Waals surface area contributed by atoms with Gasteiger partial charge in [0.1, 0.15) is 5.75 Å². The number of aromatic carboxylic acids is 1. The molecule has 0 spiro atoms. The molecule has 94 heavy (non-hydrogen) atoms. The molecule has 22 heteroatoms. The lowest BCUT2D eigenvalue weighted by Crippen LogP contribution is -2.30. The zero-order valence-electron chi connectivity index (χ0n) is 50.4. The fraction of sp³-hybridized carbons (Fsp3) is 0.0278. The van der Waals surface area contributed by atoms with Gasteiger partial charge in [-0.05, 0) is 113 Å². The van der Waals surface area contributed by atoms with Crippen molar-refractivity contribution < 1.29 is 57.0 Å². The summed E-state index contributed by atoms with van der Waals surface area (Å²) in [7, 11) is 1.40. The average Bonchev–Trinajstić information content (AvgIpc) is 1.50. The quantitative estimate of drug-likeness (QED) is 0.0155. The third kappa shape index (κ3) is 17.8. The number of carbonyl (C=O) groups is 5. The number of aryl methyl sites for hydroxylation is 1. The van der Waals surface area contributed by atoms with E-state index in [0.717, 1.165) is 55.6 Å². The number of nitrogens with two attached hydrogens (primary N) is 3. The van der Waals surface area contributed by atoms with Crippen LogP contribution in [0.15, 0.2) is 264 Å². The van der Waals surface area contributed by atoms with Crippen LogP contribution in [0, 0.1) is 6.92 Å². The number of carboxylic acid groups (broad SMARTS) is 1. The summed E-state index contributed by atoms with van der Waals surface area (Å²) in [6.07, 6.45) is 0.787. The second-order valence-corrected chi connectivity index (χ2v) is 19.1. The third-order valence-corrected chi connectivity index (χ3v) is 13.6. The van der Waals surface area contributed by atoms with E-state index in [-0.39, 0.29) is 23.6 Å². The molecule has 0 saturated heterocycles. The molecule has 0 fully saturated rings. The van der Waals surface area contributed by atoms with Gasteiger partial charge in [-0.15, -0.1) is 20.4 Å². The first-order valence-corrected chi connectivity index (χ1v) is 28.2. The van der Waals surface area contributed by atoms with Gasteiger partial charge in [0.25, 0.3) is 12.4 Å². The Labute approximate surface area is 538 Å². The number of carboxylic acids is 1. The Morgan fingerprint density at radius 2 is 0.830 bits per heavy atom. The van der Waals surface area contributed by atoms with Gasteiger partial charge in [-0.1, -0.05) is 188 Å². The van der Waals surface area contributed by atoms with Crippen LogP contribution >= 0.6 is 0 Å². The smallest absolute Gasteiger partial charge is 0.373 e. The molecule has 0 atom stereocenters. The first-order chi connectivity index (χ1) is 46.0. The van der Waals surface area contributed by atoms with Gasteiger partial charge in [0.15, 0.2) is 0 Å². The summed E-state index contributed by atoms with van der Waals surface area (Å²) in [5, 5.41) is 26.3. The predicted octanol–water partition coefficient (Wildman–Crippen LogP) is 12.1. The minimum absolute atomic E-state index is 0.166. The van der Waals surface area contributed by atoms with Gasteiger partial charge >= 0.3 is 18.1 Å². The van der Waals surface area contributed by atoms with Gasteiger partial charge in [-0.3, -0.25) is 42.3 Å². The maximum absolute atomic E-state index is 11.8. The van der Waals surface area contributed by atoms with Crippen molar-refractivity contribution in [3.8, 4) is 96.1 Å². The van der Waals surface area contributed by atoms with Crippen LogP contribution in [0.5, 0.6) is 5.75 Å². The lowest BCUT2D eigenvalue weighted by Gasteiger charge is -2.13. The number of nitrogens with zero attached hydrogens (tertiary/aromatic N) is 4. The van der Waals surface area contributed by atoms with E-state index in [2.05, 4.69) is 48.4 Å². The fourth-order valence-corrected chi connectivity index (χ4v) is 9.43. The molecule has 2 heterocycles. The van der Waals surface area contributed by atoms with Gasteiger partial charge in [0, 0.05) is 38.9 Å². The number of hydrogen-bond acceptors (Lipinski definition) is 19. The summed E-state index contributed by atoms with van der Waals surface area (Å²) < 4.78 is 21.8. The van der Waals surface area contributed by atoms with Crippen molar-refractivity contribution in [3.05, 3.63) is 277 Å². The van der Waals surface area contributed by atoms with Crippen molar-refractivity contribution in [2.75, 3.05) is 12.5 Å². The topological polar surface area (TPSA) is 350 Å². The molecule has 0 aliphatic rings. The first kappa shape index (κ1) is 68.4. The van der Waals surface area contributed by atoms with Crippen LogP contribution in [-0.4, -0.2) is 69.5 Å². The number of nitrogen functional groups attached to an aromatic ring is 1. The average molecular weight is 1260 g/mol. The Morgan fingerprint density at radius 1 is 0.457 bits per heavy atom. The van der Waals surface area contributed by atoms with Crippen LogP contribution in [0.1, 0.15) is 36.6 Å². The summed E-state index contributed by atoms with van der Waals surface area (Å²) in [4.78, 5) is 71.7. The van der Waals surface area contributed by atoms with E-state index in [1.54, 1.807) is 66.7 Å². The second-order valence-electron chi connectivity index (χ2n) is 19.1. The highest BCUT2D eigenvalue weighted by Gasteiger charge is 2.21. The molecule has 0 unspecified atom stereocenters. The lowest BCUT2D eigenvalue weighted by atomic mass is 9.95. The number of esters is 1. The fourth-order valence-electron chi connectivity index (χ4n) is 9.43. The molecule has 12 aromatic rings. The number of anilines is 1. The van der Waals surface area contributed by atoms with E-state index in [1.165, 1.54) is 13.2 Å². The number of hydrazine groups is 3. The molecule has 0 aliphatic heterocycles. The SMILES string of the molecule is COC(=O)c1ccccc1-c1ccccc1C.NN.NNC(=O)c1ccccc1-c1ccccc1NNC=O.O=C=O.O=COc1ccccc1-c1ccccc1C(=O)O.c1ccc(-c2nnc(-c3ccccc3-c3ccccc3-c3nnc(-c4ccccc4)o3)o2)cc1. The van der Waals surface area contributed by atoms with Crippen LogP contribution in [0.25, 0.3) is 90.3 Å². The lowest BCUT2D eigenvalue weighted by molar-refractivity contribution is -0.191. The third-order valence-electron chi connectivity index (χ3n) is 13.6. The van der Waals surface area contributed by atoms with Crippen LogP contribution < -0.4 is 38.5 Å². The minimum Gasteiger partial charge on any atom is -0.478 e. The highest BCUT2D eigenvalue weighted by molar-refractivity contribution is 6.02. The predicted molar refractivity (Wildman–Crippen MR) is 353 cm³/mol. The molecular formula is C72H60N10O12. The van der Waals surface area contributed by atoms with Crippen molar-refractivity contribution >= 4 is 42.6 Å². The number of aromatic nitrogens is 4. The van der Waals surface area contributed by atoms with E-state index >= 15 is 0 Å². The summed E-state index contributed by atoms with van der Waals surface area (Å²) in [5.74, 6) is 13.7. The zero-order valence-corrected chi connectivity index (χ0v) is 50.4. The number of benzene rings is 10. The van der Waals surface area contributed by atoms with Gasteiger partial charge in [0.05, 0.1) is 23.9 Å². The van der Waals surface area contributed by atoms with Crippen LogP contribution in [0.3, 0.4) is 0 Å². The summed E-state index contributed by atoms with van der Waals surface area (Å²) in [5.41, 5.74) is 20.1. The maximum atomic E-state index is 11.8. The van der Waals surface area contributed by atoms with E-state index < -0.39 is 5.97 Å². The molecule has 10 N–H and O–H groups in total. The number of carbonyl (C=O) groups excluding carboxylic acids is 6. The van der Waals surface area contributed by atoms with Gasteiger partial charge in [0.2, 0.25) is 30.0 Å². The number of hydrogen-bond donors (Lipinski definition) is 7. The Morgan fingerprint density at radius 3 is 1.30 bits per heavy atom. The Hall–Kier alpha value is -13.1. The number of rotatable bonds is 16. The largest absolute Gasteiger partial charge is 0.478 e. The standard InChI is InChI=1S/C28H18N4O2.C15H14O2.C14H14N4O2.C14H10O4.CO2.H4N2/c1-3-11-19(12-4-1)25-29-31-27(33-25)23-17-9-7-15-21(23)22-16-8-10-18-24(22)28-32-30-26(34-28)20-13-5-2-6-14-20;1-11-7-3-4-8-12(11)13-9-5-6-10-14(13)15(16)17-2;15-17-14(20)12-7-2-1-5-10(12)11-6-3-4-8-13(11)18-16-9-19;15-9-18-13-8-4-3-6-11(13)10-5-1-2-7-12(10)14(16)17;2-1-3;1-2/h1-18H;3-10H,1-2H3;1-9,18H,15H2,(H,16,19)(H,17,20);1-9H,(H,16,17);;1-2H2. The van der Waals surface area contributed by atoms with E-state index in [4.69, 9.17) is 38.8 Å². The number of para-hydroxylation sites is 2. The molecule has 0 saturated carbocycles. The van der Waals surface area contributed by atoms with Crippen molar-refractivity contribution in [2.45, 2.75) is 6.92 Å². The maximum Gasteiger partial charge on any atom is 0.373 e. The Bertz CT molecular complexity index is 4380. The number of amides is 2. The highest BCUT2D eigenvalue weighted by atomic mass is 16.5. The second kappa shape index (κ2) is 35.8. The molecule has 0 radical (unpaired) electrons. The molecule has 2 aromatic heterocycles. The van der Waals surface area contributed by atoms with Crippen molar-refractivity contribution in [2.24, 2.45) is 17.5 Å². The molecule has 2 amide bonds. The normalized spacial score (nSPS) is 9.84. The summed E-state index contributed by atoms with van der Waals surface area (Å²) in [6, 6.07) is 78.5. The zero-order chi connectivity index (χ0) is 67.0. The van der Waals surface area contributed by atoms with E-state index in [9.17, 15) is 24.0 Å². The van der Waals surface area contributed by atoms with Crippen LogP contribution in [0.4, 0.5) is 5.69 Å². The number of ether oxygens (including phenoxy) is 2. The molecular weight excluding hydrogens is 1200 g/mol. The minimum atomic E-state index is -1.02. The van der Waals surface area contributed by atoms with Gasteiger partial charge in [-0.2, -0.15) is 9.59 Å². The van der Waals surface area contributed by atoms with Gasteiger partial charge in [-0.25, -0.2) is 15.4 Å². The molecule has 0 aliphatic carbocycles. The Balaban J connectivity index is 0.000000181. The monoisotopic (exact) mass is 1260 g/mol. The molecule has 470 valence electrons. The van der Waals surface area contributed by atoms with Crippen molar-refractivity contribution in [1.29, 1.82) is 0 Å². The first-order valence-electron chi connectivity index (χ1n) is 28.2. The van der Waals surface area contributed by atoms with Crippen molar-refractivity contribution in [1.82, 2.24) is 31.2 Å². The molecule has 0 bridgehead atoms.